The van der Waals surface area contributed by atoms with Gasteiger partial charge in [0.15, 0.2) is 45.3 Å². The van der Waals surface area contributed by atoms with Crippen LogP contribution in [0, 0.1) is 0 Å². The number of para-hydroxylation sites is 7. The number of hydrogen-bond donors (Lipinski definition) is 4. The lowest BCUT2D eigenvalue weighted by Crippen LogP contribution is -2.22. The highest BCUT2D eigenvalue weighted by molar-refractivity contribution is 9.10. The fraction of sp³-hybridized carbons (Fsp3) is 0.0110. The van der Waals surface area contributed by atoms with Gasteiger partial charge in [0.05, 0.1) is 28.6 Å². The number of rotatable bonds is 11. The van der Waals surface area contributed by atoms with Crippen LogP contribution in [-0.2, 0) is 6.54 Å². The van der Waals surface area contributed by atoms with E-state index in [1.807, 2.05) is 91.0 Å². The third-order valence-electron chi connectivity index (χ3n) is 18.9. The van der Waals surface area contributed by atoms with E-state index in [2.05, 4.69) is 15.9 Å². The van der Waals surface area contributed by atoms with E-state index in [0.717, 1.165) is 40.8 Å². The number of benzene rings is 11. The lowest BCUT2D eigenvalue weighted by atomic mass is 10.1. The normalized spacial score (nSPS) is 11.3. The van der Waals surface area contributed by atoms with E-state index in [9.17, 15) is 58.8 Å². The first kappa shape index (κ1) is 78.6. The van der Waals surface area contributed by atoms with Gasteiger partial charge in [-0.25, -0.2) is 19.2 Å². The number of fused-ring (bicyclic) bond motifs is 12. The Morgan fingerprint density at radius 1 is 0.297 bits per heavy atom. The molecule has 118 heavy (non-hydrogen) atoms. The van der Waals surface area contributed by atoms with Gasteiger partial charge in [-0.15, -0.1) is 0 Å². The van der Waals surface area contributed by atoms with Gasteiger partial charge in [-0.05, 0) is 173 Å². The molecule has 0 saturated heterocycles. The number of pyridine rings is 4. The van der Waals surface area contributed by atoms with Crippen LogP contribution in [0.1, 0.15) is 5.56 Å². The molecule has 19 aromatic rings. The van der Waals surface area contributed by atoms with E-state index >= 15 is 0 Å². The summed E-state index contributed by atoms with van der Waals surface area (Å²) < 4.78 is 28.0. The fourth-order valence-corrected chi connectivity index (χ4v) is 16.9. The Hall–Kier alpha value is -13.3. The molecule has 0 atom stereocenters. The molecule has 0 saturated carbocycles. The molecule has 0 spiro atoms. The summed E-state index contributed by atoms with van der Waals surface area (Å²) >= 11 is 23.9. The summed E-state index contributed by atoms with van der Waals surface area (Å²) in [7, 11) is 0. The molecule has 0 aliphatic rings. The molecule has 8 heterocycles. The molecule has 19 rings (SSSR count). The van der Waals surface area contributed by atoms with Crippen LogP contribution in [0.25, 0.3) is 105 Å². The Morgan fingerprint density at radius 2 is 0.602 bits per heavy atom. The molecule has 0 amide bonds. The van der Waals surface area contributed by atoms with Crippen molar-refractivity contribution in [2.75, 3.05) is 0 Å². The van der Waals surface area contributed by atoms with E-state index < -0.39 is 62.0 Å². The van der Waals surface area contributed by atoms with Crippen molar-refractivity contribution in [1.29, 1.82) is 0 Å². The third kappa shape index (κ3) is 15.2. The Kier molecular flexibility index (Phi) is 22.3. The monoisotopic (exact) mass is 1740 g/mol. The second-order valence-corrected chi connectivity index (χ2v) is 31.5. The third-order valence-corrected chi connectivity index (χ3v) is 23.5. The Bertz CT molecular complexity index is 7750. The predicted octanol–water partition coefficient (Wildman–Crippen LogP) is 20.4. The van der Waals surface area contributed by atoms with Crippen molar-refractivity contribution in [3.8, 4) is 40.1 Å². The number of aromatic hydroxyl groups is 4. The molecule has 27 heteroatoms. The maximum Gasteiger partial charge on any atom is 0.354 e. The van der Waals surface area contributed by atoms with Crippen molar-refractivity contribution in [1.82, 2.24) is 18.3 Å². The quantitative estimate of drug-likeness (QED) is 0.0875. The summed E-state index contributed by atoms with van der Waals surface area (Å²) in [6.07, 6.45) is 0. The molecule has 0 radical (unpaired) electrons. The first-order valence-corrected chi connectivity index (χ1v) is 40.1. The minimum Gasteiger partial charge on any atom is -0.506 e. The Morgan fingerprint density at radius 3 is 0.975 bits per heavy atom. The highest BCUT2D eigenvalue weighted by Gasteiger charge is 2.28. The van der Waals surface area contributed by atoms with Gasteiger partial charge in [0.2, 0.25) is 0 Å². The molecule has 0 fully saturated rings. The molecule has 0 aliphatic heterocycles. The summed E-state index contributed by atoms with van der Waals surface area (Å²) in [5, 5.41) is 47.2. The Labute approximate surface area is 699 Å². The zero-order valence-corrected chi connectivity index (χ0v) is 66.9. The van der Waals surface area contributed by atoms with Crippen molar-refractivity contribution in [3.63, 3.8) is 0 Å². The lowest BCUT2D eigenvalue weighted by molar-refractivity contribution is 0.446. The molecule has 8 aromatic heterocycles. The minimum atomic E-state index is -0.734. The first-order valence-electron chi connectivity index (χ1n) is 35.7. The largest absolute Gasteiger partial charge is 0.506 e. The van der Waals surface area contributed by atoms with Crippen LogP contribution < -0.4 is 44.7 Å². The van der Waals surface area contributed by atoms with Gasteiger partial charge in [0.25, 0.3) is 22.2 Å². The van der Waals surface area contributed by atoms with E-state index in [1.54, 1.807) is 205 Å². The highest BCUT2D eigenvalue weighted by Crippen LogP contribution is 2.42. The molecule has 0 bridgehead atoms. The molecule has 0 aliphatic carbocycles. The van der Waals surface area contributed by atoms with Crippen molar-refractivity contribution in [2.45, 2.75) is 35.9 Å². The summed E-state index contributed by atoms with van der Waals surface area (Å²) in [5.74, 6) is -1.60. The lowest BCUT2D eigenvalue weighted by Gasteiger charge is -2.14. The summed E-state index contributed by atoms with van der Waals surface area (Å²) in [6, 6.07) is 85.9. The van der Waals surface area contributed by atoms with Gasteiger partial charge in [-0.3, -0.25) is 32.9 Å². The van der Waals surface area contributed by atoms with Crippen LogP contribution in [0.3, 0.4) is 0 Å². The average Bonchev–Trinajstić information content (AvgIpc) is 0.747. The van der Waals surface area contributed by atoms with Crippen LogP contribution in [0.4, 0.5) is 0 Å². The van der Waals surface area contributed by atoms with Gasteiger partial charge < -0.3 is 42.7 Å². The molecule has 4 N–H and O–H groups in total. The minimum absolute atomic E-state index is 0.0179. The maximum atomic E-state index is 13.5. The molecule has 20 nitrogen and oxygen atoms in total. The van der Waals surface area contributed by atoms with Crippen molar-refractivity contribution in [2.24, 2.45) is 0 Å². The molecule has 11 aromatic carbocycles. The SMILES string of the molecule is O=c1oc2c(c(O)c1Br)c(=O)n(-c1ccccc1)c1ccccc21.O=c1oc2c(c(O)c1Sc1ccc(Cl)cc1)c(=O)n(-c1ccccc1)c1ccccc21.O=c1oc2c(c(O)c1Sc1ccc(Cl)cc1)c(=O)n(Cc1ccccc1)c1ccccc21.O=c1oc2c(c(O)c1Sc1cccc(Cl)c1)c(=O)n(-c1ccccc1)c1ccccc21. The number of nitrogens with zero attached hydrogens (tertiary/aromatic N) is 4. The van der Waals surface area contributed by atoms with Gasteiger partial charge in [0, 0.05) is 68.4 Å². The molecule has 0 unspecified atom stereocenters. The predicted molar refractivity (Wildman–Crippen MR) is 468 cm³/mol. The standard InChI is InChI=1S/C25H16ClNO4S.2C24H14ClNO4S.C18H10BrNO4/c26-16-10-12-17(13-11-16)32-23-21(28)20-22(31-25(23)30)18-8-4-5-9-19(18)27(24(20)29)14-15-6-2-1-3-7-15;25-14-7-6-10-16(13-14)31-22-20(27)19-21(30-24(22)29)17-11-4-5-12-18(17)26(23(19)28)15-8-2-1-3-9-15;25-14-10-12-16(13-11-14)31-22-20(27)19-21(30-24(22)29)17-8-4-5-9-18(17)26(23(19)28)15-6-2-1-3-7-15;19-14-15(21)13-16(24-18(14)23)11-8-4-5-9-12(11)20(17(13)22)10-6-2-1-3-7-10/h1-13,28H,14H2;2*1-13,27H;1-9,21H. The summed E-state index contributed by atoms with van der Waals surface area (Å²) in [4.78, 5) is 106. The zero-order valence-electron chi connectivity index (χ0n) is 60.6. The second-order valence-electron chi connectivity index (χ2n) is 26.1. The second kappa shape index (κ2) is 33.5. The molecular formula is C91H54BrCl3N4O16S3. The van der Waals surface area contributed by atoms with E-state index in [-0.39, 0.29) is 68.8 Å². The summed E-state index contributed by atoms with van der Waals surface area (Å²) in [6.45, 7) is 0.314. The number of aromatic nitrogens is 4. The van der Waals surface area contributed by atoms with Crippen molar-refractivity contribution in [3.05, 3.63) is 399 Å². The maximum absolute atomic E-state index is 13.5. The van der Waals surface area contributed by atoms with Crippen LogP contribution >= 0.6 is 86.0 Å². The molecular weight excluding hydrogens is 1690 g/mol. The highest BCUT2D eigenvalue weighted by atomic mass is 79.9. The first-order chi connectivity index (χ1) is 57.2. The Balaban J connectivity index is 0.000000118. The van der Waals surface area contributed by atoms with E-state index in [1.165, 1.54) is 13.7 Å². The fourth-order valence-electron chi connectivity index (χ4n) is 13.6. The van der Waals surface area contributed by atoms with Gasteiger partial charge in [-0.2, -0.15) is 0 Å². The van der Waals surface area contributed by atoms with Gasteiger partial charge in [0.1, 0.15) is 40.7 Å². The van der Waals surface area contributed by atoms with Gasteiger partial charge in [-0.1, -0.05) is 210 Å². The topological polar surface area (TPSA) is 290 Å². The zero-order chi connectivity index (χ0) is 82.2. The smallest absolute Gasteiger partial charge is 0.354 e. The van der Waals surface area contributed by atoms with E-state index in [0.29, 0.717) is 97.0 Å². The van der Waals surface area contributed by atoms with Crippen LogP contribution in [0.15, 0.2) is 381 Å². The van der Waals surface area contributed by atoms with Crippen LogP contribution in [0.5, 0.6) is 23.0 Å². The average molecular weight is 1740 g/mol. The van der Waals surface area contributed by atoms with Crippen LogP contribution in [-0.4, -0.2) is 38.7 Å². The van der Waals surface area contributed by atoms with Crippen LogP contribution in [0.2, 0.25) is 15.1 Å². The molecule has 580 valence electrons. The van der Waals surface area contributed by atoms with Gasteiger partial charge >= 0.3 is 22.5 Å². The van der Waals surface area contributed by atoms with Crippen molar-refractivity contribution < 1.29 is 38.1 Å². The number of hydrogen-bond acceptors (Lipinski definition) is 19. The van der Waals surface area contributed by atoms with E-state index in [4.69, 9.17) is 52.5 Å². The number of halogens is 4. The van der Waals surface area contributed by atoms with Crippen molar-refractivity contribution >= 4 is 174 Å². The summed E-state index contributed by atoms with van der Waals surface area (Å²) in [5.41, 5.74) is 0.791.